The second-order valence-corrected chi connectivity index (χ2v) is 6.17. The number of rotatable bonds is 3. The number of furan rings is 1. The lowest BCUT2D eigenvalue weighted by atomic mass is 10.2. The topological polar surface area (TPSA) is 36.7 Å². The Hall–Kier alpha value is -2.59. The van der Waals surface area contributed by atoms with Gasteiger partial charge in [-0.1, -0.05) is 42.5 Å². The fourth-order valence-corrected chi connectivity index (χ4v) is 3.31. The molecule has 4 heteroatoms. The summed E-state index contributed by atoms with van der Waals surface area (Å²) in [5.74, 6) is 0.162. The average Bonchev–Trinajstić information content (AvgIpc) is 3.02. The maximum Gasteiger partial charge on any atom is 0.228 e. The third kappa shape index (κ3) is 2.93. The first-order valence-corrected chi connectivity index (χ1v) is 8.34. The number of carbonyl (C=O) groups is 1. The Morgan fingerprint density at radius 2 is 1.79 bits per heavy atom. The SMILES string of the molecule is O=C1CCN(Cc2ccccc2)CCN1c1cccc2ccoc12. The summed E-state index contributed by atoms with van der Waals surface area (Å²) in [7, 11) is 0. The first-order chi connectivity index (χ1) is 11.8. The molecule has 0 atom stereocenters. The van der Waals surface area contributed by atoms with Gasteiger partial charge < -0.3 is 9.32 Å². The average molecular weight is 320 g/mol. The fourth-order valence-electron chi connectivity index (χ4n) is 3.31. The molecule has 122 valence electrons. The number of amides is 1. The number of para-hydroxylation sites is 1. The number of benzene rings is 2. The second kappa shape index (κ2) is 6.49. The molecule has 0 bridgehead atoms. The minimum Gasteiger partial charge on any atom is -0.462 e. The molecule has 0 N–H and O–H groups in total. The van der Waals surface area contributed by atoms with Gasteiger partial charge in [0.2, 0.25) is 5.91 Å². The van der Waals surface area contributed by atoms with Crippen LogP contribution in [0.25, 0.3) is 11.0 Å². The van der Waals surface area contributed by atoms with Crippen molar-refractivity contribution in [1.82, 2.24) is 4.90 Å². The summed E-state index contributed by atoms with van der Waals surface area (Å²) in [4.78, 5) is 16.9. The zero-order valence-electron chi connectivity index (χ0n) is 13.5. The van der Waals surface area contributed by atoms with Crippen LogP contribution in [0.5, 0.6) is 0 Å². The molecule has 2 heterocycles. The fraction of sp³-hybridized carbons (Fsp3) is 0.250. The van der Waals surface area contributed by atoms with Crippen molar-refractivity contribution in [2.24, 2.45) is 0 Å². The molecule has 24 heavy (non-hydrogen) atoms. The van der Waals surface area contributed by atoms with Crippen molar-refractivity contribution >= 4 is 22.6 Å². The van der Waals surface area contributed by atoms with Crippen LogP contribution in [-0.2, 0) is 11.3 Å². The molecule has 4 rings (SSSR count). The van der Waals surface area contributed by atoms with Crippen LogP contribution in [0, 0.1) is 0 Å². The molecule has 1 fully saturated rings. The molecule has 0 aliphatic carbocycles. The molecule has 2 aromatic carbocycles. The van der Waals surface area contributed by atoms with Gasteiger partial charge in [0.1, 0.15) is 0 Å². The summed E-state index contributed by atoms with van der Waals surface area (Å²) in [5.41, 5.74) is 2.96. The second-order valence-electron chi connectivity index (χ2n) is 6.17. The number of hydrogen-bond donors (Lipinski definition) is 0. The molecular weight excluding hydrogens is 300 g/mol. The zero-order chi connectivity index (χ0) is 16.4. The summed E-state index contributed by atoms with van der Waals surface area (Å²) >= 11 is 0. The Morgan fingerprint density at radius 1 is 0.917 bits per heavy atom. The first kappa shape index (κ1) is 15.0. The van der Waals surface area contributed by atoms with Crippen molar-refractivity contribution in [3.8, 4) is 0 Å². The third-order valence-corrected chi connectivity index (χ3v) is 4.58. The highest BCUT2D eigenvalue weighted by Crippen LogP contribution is 2.29. The smallest absolute Gasteiger partial charge is 0.228 e. The van der Waals surface area contributed by atoms with Crippen LogP contribution in [0.4, 0.5) is 5.69 Å². The van der Waals surface area contributed by atoms with Crippen LogP contribution in [0.3, 0.4) is 0 Å². The Kier molecular flexibility index (Phi) is 4.05. The maximum atomic E-state index is 12.6. The summed E-state index contributed by atoms with van der Waals surface area (Å²) in [6.07, 6.45) is 2.21. The number of nitrogens with zero attached hydrogens (tertiary/aromatic N) is 2. The first-order valence-electron chi connectivity index (χ1n) is 8.34. The van der Waals surface area contributed by atoms with Crippen molar-refractivity contribution in [3.05, 3.63) is 66.4 Å². The molecule has 0 saturated carbocycles. The molecule has 0 unspecified atom stereocenters. The maximum absolute atomic E-state index is 12.6. The lowest BCUT2D eigenvalue weighted by molar-refractivity contribution is -0.118. The van der Waals surface area contributed by atoms with E-state index >= 15 is 0 Å². The highest BCUT2D eigenvalue weighted by atomic mass is 16.3. The van der Waals surface area contributed by atoms with Crippen LogP contribution in [-0.4, -0.2) is 30.4 Å². The van der Waals surface area contributed by atoms with E-state index in [9.17, 15) is 4.79 Å². The number of hydrogen-bond acceptors (Lipinski definition) is 3. The number of anilines is 1. The molecule has 0 spiro atoms. The van der Waals surface area contributed by atoms with Crippen molar-refractivity contribution in [2.45, 2.75) is 13.0 Å². The van der Waals surface area contributed by atoms with Crippen molar-refractivity contribution < 1.29 is 9.21 Å². The largest absolute Gasteiger partial charge is 0.462 e. The van der Waals surface area contributed by atoms with Crippen molar-refractivity contribution in [1.29, 1.82) is 0 Å². The summed E-state index contributed by atoms with van der Waals surface area (Å²) in [6, 6.07) is 18.3. The monoisotopic (exact) mass is 320 g/mol. The van der Waals surface area contributed by atoms with Crippen LogP contribution < -0.4 is 4.90 Å². The van der Waals surface area contributed by atoms with E-state index in [0.29, 0.717) is 13.0 Å². The Labute approximate surface area is 141 Å². The van der Waals surface area contributed by atoms with E-state index in [2.05, 4.69) is 29.2 Å². The summed E-state index contributed by atoms with van der Waals surface area (Å²) < 4.78 is 5.61. The van der Waals surface area contributed by atoms with Crippen molar-refractivity contribution in [3.63, 3.8) is 0 Å². The normalized spacial score (nSPS) is 16.5. The Bertz CT molecular complexity index is 841. The van der Waals surface area contributed by atoms with Gasteiger partial charge in [-0.15, -0.1) is 0 Å². The highest BCUT2D eigenvalue weighted by molar-refractivity contribution is 6.01. The third-order valence-electron chi connectivity index (χ3n) is 4.58. The lowest BCUT2D eigenvalue weighted by Gasteiger charge is -2.22. The van der Waals surface area contributed by atoms with Gasteiger partial charge in [-0.3, -0.25) is 9.69 Å². The minimum absolute atomic E-state index is 0.162. The predicted octanol–water partition coefficient (Wildman–Crippen LogP) is 3.67. The van der Waals surface area contributed by atoms with Gasteiger partial charge in [0.25, 0.3) is 0 Å². The van der Waals surface area contributed by atoms with Gasteiger partial charge in [0, 0.05) is 38.0 Å². The number of fused-ring (bicyclic) bond motifs is 1. The van der Waals surface area contributed by atoms with Crippen LogP contribution >= 0.6 is 0 Å². The van der Waals surface area contributed by atoms with Gasteiger partial charge in [-0.2, -0.15) is 0 Å². The van der Waals surface area contributed by atoms with E-state index in [4.69, 9.17) is 4.42 Å². The van der Waals surface area contributed by atoms with Crippen LogP contribution in [0.1, 0.15) is 12.0 Å². The molecule has 1 aliphatic heterocycles. The van der Waals surface area contributed by atoms with Crippen molar-refractivity contribution in [2.75, 3.05) is 24.5 Å². The lowest BCUT2D eigenvalue weighted by Crippen LogP contribution is -2.33. The Morgan fingerprint density at radius 3 is 2.67 bits per heavy atom. The van der Waals surface area contributed by atoms with E-state index in [-0.39, 0.29) is 5.91 Å². The van der Waals surface area contributed by atoms with Gasteiger partial charge in [-0.25, -0.2) is 0 Å². The van der Waals surface area contributed by atoms with E-state index < -0.39 is 0 Å². The van der Waals surface area contributed by atoms with Gasteiger partial charge >= 0.3 is 0 Å². The van der Waals surface area contributed by atoms with E-state index in [1.54, 1.807) is 6.26 Å². The molecule has 1 amide bonds. The standard InChI is InChI=1S/C20H20N2O2/c23-19-9-11-21(15-16-5-2-1-3-6-16)12-13-22(19)18-8-4-7-17-10-14-24-20(17)18/h1-8,10,14H,9,11-13,15H2. The molecule has 1 aromatic heterocycles. The number of carbonyl (C=O) groups excluding carboxylic acids is 1. The summed E-state index contributed by atoms with van der Waals surface area (Å²) in [6.45, 7) is 3.22. The highest BCUT2D eigenvalue weighted by Gasteiger charge is 2.24. The molecule has 1 saturated heterocycles. The van der Waals surface area contributed by atoms with Gasteiger partial charge in [-0.05, 0) is 17.7 Å². The minimum atomic E-state index is 0.162. The van der Waals surface area contributed by atoms with E-state index in [1.807, 2.05) is 35.2 Å². The predicted molar refractivity (Wildman–Crippen MR) is 94.9 cm³/mol. The zero-order valence-corrected chi connectivity index (χ0v) is 13.5. The molecule has 0 radical (unpaired) electrons. The van der Waals surface area contributed by atoms with Gasteiger partial charge in [0.05, 0.1) is 12.0 Å². The molecule has 1 aliphatic rings. The van der Waals surface area contributed by atoms with E-state index in [0.717, 1.165) is 36.3 Å². The van der Waals surface area contributed by atoms with Crippen LogP contribution in [0.15, 0.2) is 65.3 Å². The Balaban J connectivity index is 1.54. The van der Waals surface area contributed by atoms with Gasteiger partial charge in [0.15, 0.2) is 5.58 Å². The van der Waals surface area contributed by atoms with Crippen LogP contribution in [0.2, 0.25) is 0 Å². The quantitative estimate of drug-likeness (QED) is 0.739. The molecule has 3 aromatic rings. The molecular formula is C20H20N2O2. The van der Waals surface area contributed by atoms with E-state index in [1.165, 1.54) is 5.56 Å². The summed E-state index contributed by atoms with van der Waals surface area (Å²) in [5, 5.41) is 1.03. The molecule has 4 nitrogen and oxygen atoms in total.